The number of ether oxygens (including phenoxy) is 2. The lowest BCUT2D eigenvalue weighted by molar-refractivity contribution is 0.146. The van der Waals surface area contributed by atoms with Crippen molar-refractivity contribution in [2.24, 2.45) is 5.92 Å². The van der Waals surface area contributed by atoms with Crippen molar-refractivity contribution in [2.75, 3.05) is 20.3 Å². The molecule has 1 aromatic carbocycles. The van der Waals surface area contributed by atoms with Crippen molar-refractivity contribution in [1.29, 1.82) is 0 Å². The molecular weight excluding hydrogens is 290 g/mol. The van der Waals surface area contributed by atoms with Crippen LogP contribution in [0.3, 0.4) is 0 Å². The molecule has 0 saturated heterocycles. The minimum absolute atomic E-state index is 0.0580. The summed E-state index contributed by atoms with van der Waals surface area (Å²) in [6.07, 6.45) is 2.91. The molecule has 118 valence electrons. The van der Waals surface area contributed by atoms with Gasteiger partial charge in [-0.15, -0.1) is 0 Å². The molecule has 0 amide bonds. The fraction of sp³-hybridized carbons (Fsp3) is 0.600. The molecule has 0 heterocycles. The number of rotatable bonds is 7. The molecule has 1 aliphatic rings. The van der Waals surface area contributed by atoms with Gasteiger partial charge in [-0.05, 0) is 49.4 Å². The Morgan fingerprint density at radius 1 is 1.19 bits per heavy atom. The molecule has 6 heteroatoms. The highest BCUT2D eigenvalue weighted by Crippen LogP contribution is 2.26. The second-order valence-electron chi connectivity index (χ2n) is 5.55. The quantitative estimate of drug-likeness (QED) is 0.784. The van der Waals surface area contributed by atoms with Crippen molar-refractivity contribution in [2.45, 2.75) is 37.1 Å². The first-order chi connectivity index (χ1) is 10.0. The third-order valence-corrected chi connectivity index (χ3v) is 5.24. The van der Waals surface area contributed by atoms with Crippen LogP contribution in [-0.4, -0.2) is 34.8 Å². The maximum atomic E-state index is 12.3. The van der Waals surface area contributed by atoms with Crippen LogP contribution in [0, 0.1) is 5.92 Å². The van der Waals surface area contributed by atoms with E-state index in [4.69, 9.17) is 9.47 Å². The Kier molecular flexibility index (Phi) is 5.61. The molecular formula is C15H23NO4S. The van der Waals surface area contributed by atoms with Crippen molar-refractivity contribution >= 4 is 10.0 Å². The third-order valence-electron chi connectivity index (χ3n) is 3.71. The predicted molar refractivity (Wildman–Crippen MR) is 80.9 cm³/mol. The maximum absolute atomic E-state index is 12.3. The highest BCUT2D eigenvalue weighted by Gasteiger charge is 2.26. The van der Waals surface area contributed by atoms with Crippen LogP contribution >= 0.6 is 0 Å². The molecule has 0 spiro atoms. The SMILES string of the molecule is COCCOc1ccc(S(=O)(=O)NC2CCC(C)C2)cc1. The molecule has 2 atom stereocenters. The Balaban J connectivity index is 1.96. The van der Waals surface area contributed by atoms with Crippen LogP contribution in [0.25, 0.3) is 0 Å². The molecule has 1 saturated carbocycles. The fourth-order valence-electron chi connectivity index (χ4n) is 2.56. The van der Waals surface area contributed by atoms with E-state index in [1.165, 1.54) is 0 Å². The highest BCUT2D eigenvalue weighted by atomic mass is 32.2. The van der Waals surface area contributed by atoms with Gasteiger partial charge >= 0.3 is 0 Å². The van der Waals surface area contributed by atoms with E-state index in [1.807, 2.05) is 0 Å². The molecule has 1 fully saturated rings. The smallest absolute Gasteiger partial charge is 0.240 e. The molecule has 21 heavy (non-hydrogen) atoms. The normalized spacial score (nSPS) is 22.4. The van der Waals surface area contributed by atoms with Gasteiger partial charge in [0.2, 0.25) is 10.0 Å². The Labute approximate surface area is 126 Å². The van der Waals surface area contributed by atoms with Crippen LogP contribution in [-0.2, 0) is 14.8 Å². The second-order valence-corrected chi connectivity index (χ2v) is 7.26. The number of methoxy groups -OCH3 is 1. The lowest BCUT2D eigenvalue weighted by Crippen LogP contribution is -2.32. The first-order valence-corrected chi connectivity index (χ1v) is 8.73. The Morgan fingerprint density at radius 2 is 1.90 bits per heavy atom. The van der Waals surface area contributed by atoms with E-state index < -0.39 is 10.0 Å². The number of hydrogen-bond donors (Lipinski definition) is 1. The summed E-state index contributed by atoms with van der Waals surface area (Å²) in [4.78, 5) is 0.279. The minimum atomic E-state index is -3.44. The number of sulfonamides is 1. The Bertz CT molecular complexity index is 541. The van der Waals surface area contributed by atoms with Gasteiger partial charge in [-0.3, -0.25) is 0 Å². The van der Waals surface area contributed by atoms with Gasteiger partial charge in [0.05, 0.1) is 11.5 Å². The number of nitrogens with one attached hydrogen (secondary N) is 1. The van der Waals surface area contributed by atoms with Gasteiger partial charge in [-0.1, -0.05) is 6.92 Å². The third kappa shape index (κ3) is 4.69. The standard InChI is InChI=1S/C15H23NO4S/c1-12-3-4-13(11-12)16-21(17,18)15-7-5-14(6-8-15)20-10-9-19-2/h5-8,12-13,16H,3-4,9-11H2,1-2H3. The Hall–Kier alpha value is -1.11. The summed E-state index contributed by atoms with van der Waals surface area (Å²) < 4.78 is 37.7. The summed E-state index contributed by atoms with van der Waals surface area (Å²) in [5.74, 6) is 1.23. The van der Waals surface area contributed by atoms with E-state index in [9.17, 15) is 8.42 Å². The average molecular weight is 313 g/mol. The maximum Gasteiger partial charge on any atom is 0.240 e. The fourth-order valence-corrected chi connectivity index (χ4v) is 3.84. The molecule has 0 bridgehead atoms. The van der Waals surface area contributed by atoms with Crippen molar-refractivity contribution in [1.82, 2.24) is 4.72 Å². The molecule has 0 aliphatic heterocycles. The van der Waals surface area contributed by atoms with E-state index in [-0.39, 0.29) is 10.9 Å². The molecule has 1 aromatic rings. The molecule has 0 aromatic heterocycles. The molecule has 1 N–H and O–H groups in total. The van der Waals surface area contributed by atoms with Gasteiger partial charge in [0.1, 0.15) is 12.4 Å². The van der Waals surface area contributed by atoms with Crippen molar-refractivity contribution in [3.63, 3.8) is 0 Å². The molecule has 5 nitrogen and oxygen atoms in total. The zero-order valence-corrected chi connectivity index (χ0v) is 13.4. The van der Waals surface area contributed by atoms with E-state index in [2.05, 4.69) is 11.6 Å². The molecule has 2 rings (SSSR count). The average Bonchev–Trinajstić information content (AvgIpc) is 2.84. The number of hydrogen-bond acceptors (Lipinski definition) is 4. The van der Waals surface area contributed by atoms with Crippen molar-refractivity contribution in [3.8, 4) is 5.75 Å². The van der Waals surface area contributed by atoms with Crippen LogP contribution in [0.5, 0.6) is 5.75 Å². The predicted octanol–water partition coefficient (Wildman–Crippen LogP) is 2.18. The molecule has 2 unspecified atom stereocenters. The van der Waals surface area contributed by atoms with Crippen molar-refractivity contribution in [3.05, 3.63) is 24.3 Å². The highest BCUT2D eigenvalue weighted by molar-refractivity contribution is 7.89. The topological polar surface area (TPSA) is 64.6 Å². The first-order valence-electron chi connectivity index (χ1n) is 7.25. The van der Waals surface area contributed by atoms with Crippen LogP contribution < -0.4 is 9.46 Å². The van der Waals surface area contributed by atoms with Crippen LogP contribution in [0.15, 0.2) is 29.2 Å². The summed E-state index contributed by atoms with van der Waals surface area (Å²) in [6.45, 7) is 3.10. The summed E-state index contributed by atoms with van der Waals surface area (Å²) in [5, 5.41) is 0. The monoisotopic (exact) mass is 313 g/mol. The van der Waals surface area contributed by atoms with E-state index >= 15 is 0 Å². The van der Waals surface area contributed by atoms with Gasteiger partial charge in [0.25, 0.3) is 0 Å². The second kappa shape index (κ2) is 7.24. The molecule has 1 aliphatic carbocycles. The summed E-state index contributed by atoms with van der Waals surface area (Å²) in [5.41, 5.74) is 0. The molecule has 0 radical (unpaired) electrons. The summed E-state index contributed by atoms with van der Waals surface area (Å²) in [6, 6.07) is 6.54. The largest absolute Gasteiger partial charge is 0.491 e. The van der Waals surface area contributed by atoms with Crippen LogP contribution in [0.2, 0.25) is 0 Å². The lowest BCUT2D eigenvalue weighted by Gasteiger charge is -2.13. The van der Waals surface area contributed by atoms with Crippen LogP contribution in [0.1, 0.15) is 26.2 Å². The summed E-state index contributed by atoms with van der Waals surface area (Å²) >= 11 is 0. The summed E-state index contributed by atoms with van der Waals surface area (Å²) in [7, 11) is -1.83. The zero-order valence-electron chi connectivity index (χ0n) is 12.5. The minimum Gasteiger partial charge on any atom is -0.491 e. The van der Waals surface area contributed by atoms with Gasteiger partial charge in [0, 0.05) is 13.2 Å². The zero-order chi connectivity index (χ0) is 15.3. The van der Waals surface area contributed by atoms with Gasteiger partial charge in [-0.2, -0.15) is 0 Å². The van der Waals surface area contributed by atoms with E-state index in [0.29, 0.717) is 24.9 Å². The Morgan fingerprint density at radius 3 is 2.48 bits per heavy atom. The van der Waals surface area contributed by atoms with E-state index in [1.54, 1.807) is 31.4 Å². The first kappa shape index (κ1) is 16.3. The van der Waals surface area contributed by atoms with Gasteiger partial charge < -0.3 is 9.47 Å². The van der Waals surface area contributed by atoms with E-state index in [0.717, 1.165) is 19.3 Å². The lowest BCUT2D eigenvalue weighted by atomic mass is 10.1. The van der Waals surface area contributed by atoms with Gasteiger partial charge in [-0.25, -0.2) is 13.1 Å². The van der Waals surface area contributed by atoms with Crippen LogP contribution in [0.4, 0.5) is 0 Å². The van der Waals surface area contributed by atoms with Crippen molar-refractivity contribution < 1.29 is 17.9 Å². The van der Waals surface area contributed by atoms with Gasteiger partial charge in [0.15, 0.2) is 0 Å². The number of benzene rings is 1.